The van der Waals surface area contributed by atoms with Crippen LogP contribution in [0.25, 0.3) is 6.08 Å². The largest absolute Gasteiger partial charge is 0.504 e. The van der Waals surface area contributed by atoms with Crippen molar-refractivity contribution in [1.82, 2.24) is 0 Å². The molecule has 20 nitrogen and oxygen atoms in total. The summed E-state index contributed by atoms with van der Waals surface area (Å²) in [5.41, 5.74) is 0.776. The second-order valence-electron chi connectivity index (χ2n) is 13.8. The number of carbonyl (C=O) groups is 2. The third-order valence-electron chi connectivity index (χ3n) is 9.60. The van der Waals surface area contributed by atoms with Gasteiger partial charge in [0.2, 0.25) is 0 Å². The number of benzene rings is 2. The molecule has 0 bridgehead atoms. The Bertz CT molecular complexity index is 1710. The zero-order valence-corrected chi connectivity index (χ0v) is 31.0. The quantitative estimate of drug-likeness (QED) is 0.0619. The summed E-state index contributed by atoms with van der Waals surface area (Å²) in [6, 6.07) is 7.79. The maximum atomic E-state index is 13.5. The standard InChI is InChI=1S/C37H48O20/c1-15-26(44)28(46)30(48)35(52-15)51-14-24-32(56-25(43)9-6-18-4-7-20(39)22(41)12-18)33(57-36-31(49)29(47)27(45)16(2)53-36)34(54-17(3)38)37(55-24)50-11-10-19-5-8-21(40)23(42)13-19/h4-9,12-13,15-16,24,26-37,39-42,44-49H,10-11,14H2,1-3H3/b9-6+/t15-,16?,24?,26-,27?,28+,29?,30?,31+,32?,33?,34+,35?,36?,37+/m0/s1. The molecule has 2 aromatic rings. The Labute approximate surface area is 325 Å². The number of rotatable bonds is 13. The fourth-order valence-corrected chi connectivity index (χ4v) is 6.38. The van der Waals surface area contributed by atoms with Crippen molar-refractivity contribution in [3.63, 3.8) is 0 Å². The molecule has 3 aliphatic rings. The molecule has 57 heavy (non-hydrogen) atoms. The summed E-state index contributed by atoms with van der Waals surface area (Å²) in [5.74, 6) is -3.59. The first-order chi connectivity index (χ1) is 26.9. The molecule has 316 valence electrons. The van der Waals surface area contributed by atoms with E-state index in [4.69, 9.17) is 37.9 Å². The van der Waals surface area contributed by atoms with Gasteiger partial charge in [-0.2, -0.15) is 0 Å². The van der Waals surface area contributed by atoms with Gasteiger partial charge in [0, 0.05) is 13.0 Å². The first-order valence-corrected chi connectivity index (χ1v) is 18.0. The van der Waals surface area contributed by atoms with Gasteiger partial charge in [0.15, 0.2) is 54.1 Å². The maximum Gasteiger partial charge on any atom is 0.331 e. The van der Waals surface area contributed by atoms with Gasteiger partial charge in [-0.05, 0) is 61.7 Å². The summed E-state index contributed by atoms with van der Waals surface area (Å²) in [6.45, 7) is 3.05. The second kappa shape index (κ2) is 19.1. The number of aromatic hydroxyl groups is 4. The van der Waals surface area contributed by atoms with Gasteiger partial charge < -0.3 is 89.0 Å². The van der Waals surface area contributed by atoms with Crippen molar-refractivity contribution in [2.75, 3.05) is 13.2 Å². The predicted molar refractivity (Wildman–Crippen MR) is 188 cm³/mol. The van der Waals surface area contributed by atoms with Crippen LogP contribution >= 0.6 is 0 Å². The third kappa shape index (κ3) is 10.7. The molecule has 3 heterocycles. The Morgan fingerprint density at radius 2 is 1.25 bits per heavy atom. The lowest BCUT2D eigenvalue weighted by atomic mass is 9.96. The molecule has 0 spiro atoms. The minimum absolute atomic E-state index is 0.107. The number of esters is 2. The number of carbonyl (C=O) groups excluding carboxylic acids is 2. The van der Waals surface area contributed by atoms with Crippen molar-refractivity contribution in [2.24, 2.45) is 0 Å². The highest BCUT2D eigenvalue weighted by Crippen LogP contribution is 2.35. The number of hydrogen-bond acceptors (Lipinski definition) is 20. The summed E-state index contributed by atoms with van der Waals surface area (Å²) in [7, 11) is 0. The van der Waals surface area contributed by atoms with Crippen LogP contribution < -0.4 is 0 Å². The van der Waals surface area contributed by atoms with Crippen LogP contribution in [0.4, 0.5) is 0 Å². The van der Waals surface area contributed by atoms with Crippen molar-refractivity contribution < 1.29 is 98.5 Å². The van der Waals surface area contributed by atoms with Crippen LogP contribution in [-0.2, 0) is 53.9 Å². The third-order valence-corrected chi connectivity index (χ3v) is 9.60. The van der Waals surface area contributed by atoms with E-state index in [-0.39, 0.29) is 24.3 Å². The number of hydrogen-bond donors (Lipinski definition) is 10. The van der Waals surface area contributed by atoms with Crippen molar-refractivity contribution >= 4 is 18.0 Å². The SMILES string of the molecule is CC(=O)O[C@@H]1C(OC2OC(C)C(O)C(O)[C@H]2O)C(OC(=O)/C=C/c2ccc(O)c(O)c2)C(COC2O[C@@H](C)[C@H](O)[C@@H](O)C2O)O[C@H]1OCCc1ccc(O)c(O)c1. The van der Waals surface area contributed by atoms with Crippen LogP contribution in [0.5, 0.6) is 23.0 Å². The maximum absolute atomic E-state index is 13.5. The molecule has 3 aliphatic heterocycles. The van der Waals surface area contributed by atoms with Crippen LogP contribution in [0.3, 0.4) is 0 Å². The van der Waals surface area contributed by atoms with Gasteiger partial charge in [0.1, 0.15) is 48.8 Å². The Morgan fingerprint density at radius 3 is 1.86 bits per heavy atom. The second-order valence-corrected chi connectivity index (χ2v) is 13.8. The molecular weight excluding hydrogens is 764 g/mol. The van der Waals surface area contributed by atoms with Gasteiger partial charge in [0.05, 0.1) is 25.4 Å². The van der Waals surface area contributed by atoms with Crippen molar-refractivity contribution in [2.45, 2.75) is 119 Å². The zero-order valence-electron chi connectivity index (χ0n) is 31.0. The molecule has 3 saturated heterocycles. The number of ether oxygens (including phenoxy) is 8. The fraction of sp³-hybridized carbons (Fsp3) is 0.568. The van der Waals surface area contributed by atoms with E-state index in [0.717, 1.165) is 19.1 Å². The predicted octanol–water partition coefficient (Wildman–Crippen LogP) is -1.59. The van der Waals surface area contributed by atoms with E-state index in [2.05, 4.69) is 0 Å². The van der Waals surface area contributed by atoms with Gasteiger partial charge in [-0.3, -0.25) is 4.79 Å². The summed E-state index contributed by atoms with van der Waals surface area (Å²) in [4.78, 5) is 26.1. The molecule has 0 amide bonds. The molecule has 15 atom stereocenters. The van der Waals surface area contributed by atoms with E-state index in [0.29, 0.717) is 5.56 Å². The van der Waals surface area contributed by atoms with Crippen LogP contribution in [0.15, 0.2) is 42.5 Å². The molecule has 0 aliphatic carbocycles. The Morgan fingerprint density at radius 1 is 0.649 bits per heavy atom. The summed E-state index contributed by atoms with van der Waals surface area (Å²) in [6.07, 6.45) is -21.3. The van der Waals surface area contributed by atoms with Crippen LogP contribution in [0.1, 0.15) is 31.9 Å². The molecule has 3 fully saturated rings. The molecule has 9 unspecified atom stereocenters. The number of aliphatic hydroxyl groups is 6. The zero-order chi connectivity index (χ0) is 41.7. The van der Waals surface area contributed by atoms with Crippen LogP contribution in [-0.4, -0.2) is 168 Å². The smallest absolute Gasteiger partial charge is 0.331 e. The first-order valence-electron chi connectivity index (χ1n) is 18.0. The molecule has 20 heteroatoms. The fourth-order valence-electron chi connectivity index (χ4n) is 6.38. The first kappa shape index (κ1) is 44.0. The normalized spacial score (nSPS) is 35.8. The van der Waals surface area contributed by atoms with E-state index in [1.54, 1.807) is 0 Å². The van der Waals surface area contributed by atoms with Crippen LogP contribution in [0, 0.1) is 0 Å². The summed E-state index contributed by atoms with van der Waals surface area (Å²) < 4.78 is 46.8. The van der Waals surface area contributed by atoms with Gasteiger partial charge >= 0.3 is 11.9 Å². The van der Waals surface area contributed by atoms with E-state index in [1.807, 2.05) is 0 Å². The number of aliphatic hydroxyl groups excluding tert-OH is 6. The van der Waals surface area contributed by atoms with E-state index in [1.165, 1.54) is 50.3 Å². The number of phenols is 4. The lowest BCUT2D eigenvalue weighted by Crippen LogP contribution is -2.66. The molecular formula is C37H48O20. The van der Waals surface area contributed by atoms with Crippen molar-refractivity contribution in [3.05, 3.63) is 53.6 Å². The highest BCUT2D eigenvalue weighted by Gasteiger charge is 2.55. The molecule has 5 rings (SSSR count). The average Bonchev–Trinajstić information content (AvgIpc) is 3.16. The minimum Gasteiger partial charge on any atom is -0.504 e. The van der Waals surface area contributed by atoms with Crippen LogP contribution in [0.2, 0.25) is 0 Å². The molecule has 0 aromatic heterocycles. The minimum atomic E-state index is -1.90. The highest BCUT2D eigenvalue weighted by molar-refractivity contribution is 5.87. The summed E-state index contributed by atoms with van der Waals surface area (Å²) >= 11 is 0. The lowest BCUT2D eigenvalue weighted by molar-refractivity contribution is -0.364. The topological polar surface area (TPSA) is 310 Å². The molecule has 0 radical (unpaired) electrons. The van der Waals surface area contributed by atoms with Gasteiger partial charge in [0.25, 0.3) is 0 Å². The van der Waals surface area contributed by atoms with Gasteiger partial charge in [-0.1, -0.05) is 12.1 Å². The van der Waals surface area contributed by atoms with E-state index < -0.39 is 128 Å². The Hall–Kier alpha value is -4.16. The molecule has 2 aromatic carbocycles. The molecule has 0 saturated carbocycles. The van der Waals surface area contributed by atoms with Crippen molar-refractivity contribution in [3.8, 4) is 23.0 Å². The average molecular weight is 813 g/mol. The van der Waals surface area contributed by atoms with Crippen molar-refractivity contribution in [1.29, 1.82) is 0 Å². The van der Waals surface area contributed by atoms with E-state index >= 15 is 0 Å². The number of phenolic OH excluding ortho intramolecular Hbond substituents is 4. The summed E-state index contributed by atoms with van der Waals surface area (Å²) in [5, 5.41) is 102. The van der Waals surface area contributed by atoms with Gasteiger partial charge in [-0.15, -0.1) is 0 Å². The molecule has 10 N–H and O–H groups in total. The lowest BCUT2D eigenvalue weighted by Gasteiger charge is -2.48. The Balaban J connectivity index is 1.50. The highest BCUT2D eigenvalue weighted by atomic mass is 16.8. The van der Waals surface area contributed by atoms with Gasteiger partial charge in [-0.25, -0.2) is 4.79 Å². The monoisotopic (exact) mass is 812 g/mol. The van der Waals surface area contributed by atoms with E-state index in [9.17, 15) is 60.7 Å². The Kier molecular flexibility index (Phi) is 14.7.